The molecular formula is C7H11BrN3. The second-order valence-electron chi connectivity index (χ2n) is 3.45. The Balaban J connectivity index is 3.08. The van der Waals surface area contributed by atoms with Gasteiger partial charge in [-0.15, -0.1) is 0 Å². The lowest BCUT2D eigenvalue weighted by atomic mass is 9.96. The summed E-state index contributed by atoms with van der Waals surface area (Å²) in [7, 11) is 3.65. The standard InChI is InChI=1S/C7H11BrN3/c1-7(2,3)5-9-6(8)11(4)10-5/h4H2,1-3H3. The number of hydrogen-bond acceptors (Lipinski definition) is 2. The summed E-state index contributed by atoms with van der Waals surface area (Å²) >= 11 is 3.24. The van der Waals surface area contributed by atoms with Gasteiger partial charge in [0.05, 0.1) is 7.05 Å². The average Bonchev–Trinajstić information content (AvgIpc) is 2.11. The first-order chi connectivity index (χ1) is 4.91. The summed E-state index contributed by atoms with van der Waals surface area (Å²) in [5.41, 5.74) is -0.00847. The Bertz CT molecular complexity index is 240. The summed E-state index contributed by atoms with van der Waals surface area (Å²) in [6.45, 7) is 6.19. The fourth-order valence-electron chi connectivity index (χ4n) is 0.641. The van der Waals surface area contributed by atoms with Crippen LogP contribution < -0.4 is 0 Å². The van der Waals surface area contributed by atoms with Crippen molar-refractivity contribution in [3.63, 3.8) is 0 Å². The van der Waals surface area contributed by atoms with Crippen LogP contribution in [0.2, 0.25) is 0 Å². The molecule has 0 atom stereocenters. The van der Waals surface area contributed by atoms with Crippen LogP contribution in [0.1, 0.15) is 26.6 Å². The van der Waals surface area contributed by atoms with E-state index in [0.717, 1.165) is 5.82 Å². The van der Waals surface area contributed by atoms with E-state index in [1.807, 2.05) is 0 Å². The molecule has 0 bridgehead atoms. The van der Waals surface area contributed by atoms with E-state index in [1.54, 1.807) is 0 Å². The van der Waals surface area contributed by atoms with Crippen LogP contribution in [0.25, 0.3) is 0 Å². The number of aromatic nitrogens is 3. The molecule has 0 aliphatic rings. The predicted octanol–water partition coefficient (Wildman–Crippen LogP) is 1.98. The topological polar surface area (TPSA) is 30.7 Å². The smallest absolute Gasteiger partial charge is 0.195 e. The summed E-state index contributed by atoms with van der Waals surface area (Å²) in [6.07, 6.45) is 0. The molecule has 1 heterocycles. The molecule has 0 fully saturated rings. The van der Waals surface area contributed by atoms with Gasteiger partial charge in [-0.1, -0.05) is 20.8 Å². The molecular weight excluding hydrogens is 206 g/mol. The van der Waals surface area contributed by atoms with Crippen molar-refractivity contribution in [3.05, 3.63) is 17.6 Å². The van der Waals surface area contributed by atoms with Crippen molar-refractivity contribution in [1.29, 1.82) is 0 Å². The van der Waals surface area contributed by atoms with E-state index < -0.39 is 0 Å². The normalized spacial score (nSPS) is 12.1. The zero-order valence-electron chi connectivity index (χ0n) is 6.93. The van der Waals surface area contributed by atoms with Gasteiger partial charge in [-0.2, -0.15) is 5.10 Å². The van der Waals surface area contributed by atoms with Crippen molar-refractivity contribution in [1.82, 2.24) is 14.8 Å². The van der Waals surface area contributed by atoms with Gasteiger partial charge in [0.1, 0.15) is 0 Å². The van der Waals surface area contributed by atoms with Crippen molar-refractivity contribution in [2.75, 3.05) is 0 Å². The van der Waals surface area contributed by atoms with E-state index in [9.17, 15) is 0 Å². The van der Waals surface area contributed by atoms with E-state index in [2.05, 4.69) is 53.8 Å². The fraction of sp³-hybridized carbons (Fsp3) is 0.571. The van der Waals surface area contributed by atoms with E-state index in [4.69, 9.17) is 0 Å². The van der Waals surface area contributed by atoms with Gasteiger partial charge in [0, 0.05) is 5.41 Å². The SMILES string of the molecule is [CH2]n1nc(C(C)(C)C)nc1Br. The maximum absolute atomic E-state index is 4.19. The first-order valence-corrected chi connectivity index (χ1v) is 4.14. The minimum atomic E-state index is -0.00847. The highest BCUT2D eigenvalue weighted by molar-refractivity contribution is 9.10. The van der Waals surface area contributed by atoms with Crippen molar-refractivity contribution < 1.29 is 0 Å². The summed E-state index contributed by atoms with van der Waals surface area (Å²) in [5.74, 6) is 0.805. The van der Waals surface area contributed by atoms with E-state index >= 15 is 0 Å². The van der Waals surface area contributed by atoms with Gasteiger partial charge >= 0.3 is 0 Å². The Labute approximate surface area is 75.0 Å². The lowest BCUT2D eigenvalue weighted by Gasteiger charge is -2.11. The number of hydrogen-bond donors (Lipinski definition) is 0. The highest BCUT2D eigenvalue weighted by Gasteiger charge is 2.19. The number of nitrogens with zero attached hydrogens (tertiary/aromatic N) is 3. The lowest BCUT2D eigenvalue weighted by Crippen LogP contribution is -2.13. The molecule has 61 valence electrons. The van der Waals surface area contributed by atoms with E-state index in [1.165, 1.54) is 4.68 Å². The highest BCUT2D eigenvalue weighted by atomic mass is 79.9. The summed E-state index contributed by atoms with van der Waals surface area (Å²) in [4.78, 5) is 4.19. The second kappa shape index (κ2) is 2.59. The quantitative estimate of drug-likeness (QED) is 0.665. The van der Waals surface area contributed by atoms with Crippen molar-refractivity contribution in [3.8, 4) is 0 Å². The molecule has 0 unspecified atom stereocenters. The third-order valence-electron chi connectivity index (χ3n) is 1.30. The van der Waals surface area contributed by atoms with Gasteiger partial charge in [-0.25, -0.2) is 9.67 Å². The monoisotopic (exact) mass is 216 g/mol. The van der Waals surface area contributed by atoms with Gasteiger partial charge in [0.25, 0.3) is 0 Å². The molecule has 0 saturated heterocycles. The highest BCUT2D eigenvalue weighted by Crippen LogP contribution is 2.19. The van der Waals surface area contributed by atoms with Crippen LogP contribution in [0.5, 0.6) is 0 Å². The Hall–Kier alpha value is -0.380. The summed E-state index contributed by atoms with van der Waals surface area (Å²) < 4.78 is 2.14. The molecule has 0 aliphatic carbocycles. The van der Waals surface area contributed by atoms with E-state index in [0.29, 0.717) is 4.73 Å². The van der Waals surface area contributed by atoms with Gasteiger partial charge in [-0.3, -0.25) is 0 Å². The largest absolute Gasteiger partial charge is 0.238 e. The molecule has 0 aliphatic heterocycles. The van der Waals surface area contributed by atoms with Crippen LogP contribution in [0.3, 0.4) is 0 Å². The molecule has 4 heteroatoms. The molecule has 0 aromatic carbocycles. The summed E-state index contributed by atoms with van der Waals surface area (Å²) in [6, 6.07) is 0. The minimum Gasteiger partial charge on any atom is -0.238 e. The van der Waals surface area contributed by atoms with Crippen molar-refractivity contribution >= 4 is 15.9 Å². The lowest BCUT2D eigenvalue weighted by molar-refractivity contribution is 0.543. The number of rotatable bonds is 0. The Morgan fingerprint density at radius 1 is 1.45 bits per heavy atom. The predicted molar refractivity (Wildman–Crippen MR) is 47.2 cm³/mol. The minimum absolute atomic E-state index is 0.00847. The maximum atomic E-state index is 4.19. The fourth-order valence-corrected chi connectivity index (χ4v) is 0.888. The van der Waals surface area contributed by atoms with Gasteiger partial charge in [0.15, 0.2) is 10.6 Å². The molecule has 0 N–H and O–H groups in total. The molecule has 0 amide bonds. The van der Waals surface area contributed by atoms with Crippen LogP contribution in [-0.2, 0) is 5.41 Å². The van der Waals surface area contributed by atoms with Gasteiger partial charge in [-0.05, 0) is 15.9 Å². The zero-order valence-corrected chi connectivity index (χ0v) is 8.51. The molecule has 1 rings (SSSR count). The van der Waals surface area contributed by atoms with Crippen LogP contribution in [-0.4, -0.2) is 14.8 Å². The third kappa shape index (κ3) is 1.80. The van der Waals surface area contributed by atoms with Crippen LogP contribution in [0.15, 0.2) is 4.73 Å². The average molecular weight is 217 g/mol. The van der Waals surface area contributed by atoms with Gasteiger partial charge in [0.2, 0.25) is 0 Å². The maximum Gasteiger partial charge on any atom is 0.195 e. The number of halogens is 1. The Morgan fingerprint density at radius 2 is 2.00 bits per heavy atom. The molecule has 11 heavy (non-hydrogen) atoms. The van der Waals surface area contributed by atoms with Crippen molar-refractivity contribution in [2.45, 2.75) is 26.2 Å². The molecule has 1 radical (unpaired) electrons. The molecule has 0 spiro atoms. The summed E-state index contributed by atoms with van der Waals surface area (Å²) in [5, 5.41) is 4.13. The van der Waals surface area contributed by atoms with Gasteiger partial charge < -0.3 is 0 Å². The first-order valence-electron chi connectivity index (χ1n) is 3.35. The molecule has 3 nitrogen and oxygen atoms in total. The third-order valence-corrected chi connectivity index (χ3v) is 1.88. The molecule has 1 aromatic heterocycles. The van der Waals surface area contributed by atoms with Crippen molar-refractivity contribution in [2.24, 2.45) is 0 Å². The van der Waals surface area contributed by atoms with E-state index in [-0.39, 0.29) is 5.41 Å². The molecule has 0 saturated carbocycles. The van der Waals surface area contributed by atoms with Crippen LogP contribution in [0.4, 0.5) is 0 Å². The Morgan fingerprint density at radius 3 is 2.18 bits per heavy atom. The first kappa shape index (κ1) is 8.71. The van der Waals surface area contributed by atoms with Crippen LogP contribution >= 0.6 is 15.9 Å². The zero-order chi connectivity index (χ0) is 8.65. The molecule has 1 aromatic rings. The second-order valence-corrected chi connectivity index (χ2v) is 4.16. The Kier molecular flexibility index (Phi) is 2.05. The van der Waals surface area contributed by atoms with Crippen LogP contribution in [0, 0.1) is 7.05 Å².